The number of rotatable bonds is 5. The SMILES string of the molecule is C=CCOC1CCC(C(=O)Oc2ccc(C#Cc3ccc(C)cc3)cc2)CC1. The molecule has 0 bridgehead atoms. The Morgan fingerprint density at radius 2 is 1.57 bits per heavy atom. The van der Waals surface area contributed by atoms with Gasteiger partial charge in [-0.15, -0.1) is 6.58 Å². The van der Waals surface area contributed by atoms with Crippen LogP contribution in [-0.2, 0) is 9.53 Å². The highest BCUT2D eigenvalue weighted by molar-refractivity contribution is 5.75. The fourth-order valence-corrected chi connectivity index (χ4v) is 3.26. The van der Waals surface area contributed by atoms with Crippen LogP contribution >= 0.6 is 0 Å². The van der Waals surface area contributed by atoms with Gasteiger partial charge in [0.15, 0.2) is 0 Å². The lowest BCUT2D eigenvalue weighted by Gasteiger charge is -2.26. The average Bonchev–Trinajstić information content (AvgIpc) is 2.73. The Bertz CT molecular complexity index is 845. The molecule has 0 heterocycles. The zero-order valence-corrected chi connectivity index (χ0v) is 16.3. The van der Waals surface area contributed by atoms with Gasteiger partial charge in [0.05, 0.1) is 18.6 Å². The molecule has 0 aromatic heterocycles. The number of ether oxygens (including phenoxy) is 2. The van der Waals surface area contributed by atoms with Gasteiger partial charge in [0.25, 0.3) is 0 Å². The molecule has 0 N–H and O–H groups in total. The summed E-state index contributed by atoms with van der Waals surface area (Å²) >= 11 is 0. The van der Waals surface area contributed by atoms with Gasteiger partial charge in [0.2, 0.25) is 0 Å². The van der Waals surface area contributed by atoms with Gasteiger partial charge in [0, 0.05) is 11.1 Å². The van der Waals surface area contributed by atoms with Crippen LogP contribution in [0.5, 0.6) is 5.75 Å². The number of hydrogen-bond donors (Lipinski definition) is 0. The van der Waals surface area contributed by atoms with Gasteiger partial charge in [-0.3, -0.25) is 4.79 Å². The van der Waals surface area contributed by atoms with Crippen LogP contribution in [0.4, 0.5) is 0 Å². The largest absolute Gasteiger partial charge is 0.426 e. The molecule has 2 aromatic carbocycles. The first-order chi connectivity index (χ1) is 13.6. The molecule has 0 radical (unpaired) electrons. The van der Waals surface area contributed by atoms with Gasteiger partial charge >= 0.3 is 5.97 Å². The van der Waals surface area contributed by atoms with Crippen molar-refractivity contribution >= 4 is 5.97 Å². The minimum absolute atomic E-state index is 0.0513. The lowest BCUT2D eigenvalue weighted by Crippen LogP contribution is -2.28. The van der Waals surface area contributed by atoms with E-state index in [4.69, 9.17) is 9.47 Å². The van der Waals surface area contributed by atoms with E-state index in [1.165, 1.54) is 5.56 Å². The summed E-state index contributed by atoms with van der Waals surface area (Å²) in [4.78, 5) is 12.4. The normalized spacial score (nSPS) is 18.6. The summed E-state index contributed by atoms with van der Waals surface area (Å²) in [5.74, 6) is 6.64. The van der Waals surface area contributed by atoms with E-state index < -0.39 is 0 Å². The highest BCUT2D eigenvalue weighted by Gasteiger charge is 2.28. The molecule has 0 aliphatic heterocycles. The Kier molecular flexibility index (Phi) is 7.06. The second kappa shape index (κ2) is 9.92. The summed E-state index contributed by atoms with van der Waals surface area (Å²) in [6, 6.07) is 15.5. The van der Waals surface area contributed by atoms with E-state index in [9.17, 15) is 4.79 Å². The van der Waals surface area contributed by atoms with Gasteiger partial charge in [-0.2, -0.15) is 0 Å². The monoisotopic (exact) mass is 374 g/mol. The van der Waals surface area contributed by atoms with Crippen molar-refractivity contribution in [3.05, 3.63) is 77.9 Å². The van der Waals surface area contributed by atoms with Crippen LogP contribution < -0.4 is 4.74 Å². The Balaban J connectivity index is 1.51. The van der Waals surface area contributed by atoms with Crippen molar-refractivity contribution < 1.29 is 14.3 Å². The van der Waals surface area contributed by atoms with Gasteiger partial charge in [0.1, 0.15) is 5.75 Å². The number of esters is 1. The minimum atomic E-state index is -0.152. The second-order valence-corrected chi connectivity index (χ2v) is 7.16. The molecule has 3 rings (SSSR count). The van der Waals surface area contributed by atoms with Crippen LogP contribution in [0.15, 0.2) is 61.2 Å². The molecule has 1 fully saturated rings. The van der Waals surface area contributed by atoms with Crippen LogP contribution in [0.1, 0.15) is 42.4 Å². The summed E-state index contributed by atoms with van der Waals surface area (Å²) in [7, 11) is 0. The third kappa shape index (κ3) is 5.84. The first kappa shape index (κ1) is 19.9. The Morgan fingerprint density at radius 1 is 1.00 bits per heavy atom. The van der Waals surface area contributed by atoms with E-state index in [2.05, 4.69) is 25.3 Å². The van der Waals surface area contributed by atoms with Crippen molar-refractivity contribution in [2.24, 2.45) is 5.92 Å². The van der Waals surface area contributed by atoms with Crippen molar-refractivity contribution in [2.45, 2.75) is 38.7 Å². The molecule has 1 aliphatic carbocycles. The van der Waals surface area contributed by atoms with Crippen LogP contribution in [-0.4, -0.2) is 18.7 Å². The molecule has 3 nitrogen and oxygen atoms in total. The van der Waals surface area contributed by atoms with Crippen LogP contribution in [0.25, 0.3) is 0 Å². The molecule has 0 amide bonds. The lowest BCUT2D eigenvalue weighted by molar-refractivity contribution is -0.140. The van der Waals surface area contributed by atoms with E-state index in [0.717, 1.165) is 36.8 Å². The Labute approximate surface area is 167 Å². The van der Waals surface area contributed by atoms with E-state index in [1.54, 1.807) is 18.2 Å². The predicted octanol–water partition coefficient (Wildman–Crippen LogP) is 5.06. The molecule has 144 valence electrons. The smallest absolute Gasteiger partial charge is 0.314 e. The molecular weight excluding hydrogens is 348 g/mol. The topological polar surface area (TPSA) is 35.5 Å². The van der Waals surface area contributed by atoms with Crippen molar-refractivity contribution in [1.29, 1.82) is 0 Å². The number of aryl methyl sites for hydroxylation is 1. The average molecular weight is 374 g/mol. The van der Waals surface area contributed by atoms with Gasteiger partial charge in [-0.1, -0.05) is 35.6 Å². The summed E-state index contributed by atoms with van der Waals surface area (Å²) in [6.45, 7) is 6.29. The molecule has 2 aromatic rings. The van der Waals surface area contributed by atoms with Crippen molar-refractivity contribution in [2.75, 3.05) is 6.61 Å². The van der Waals surface area contributed by atoms with E-state index in [0.29, 0.717) is 12.4 Å². The van der Waals surface area contributed by atoms with Crippen molar-refractivity contribution in [1.82, 2.24) is 0 Å². The molecule has 1 saturated carbocycles. The minimum Gasteiger partial charge on any atom is -0.426 e. The third-order valence-corrected chi connectivity index (χ3v) is 4.93. The number of hydrogen-bond acceptors (Lipinski definition) is 3. The molecule has 3 heteroatoms. The summed E-state index contributed by atoms with van der Waals surface area (Å²) in [6.07, 6.45) is 5.38. The highest BCUT2D eigenvalue weighted by atomic mass is 16.5. The van der Waals surface area contributed by atoms with Crippen molar-refractivity contribution in [3.8, 4) is 17.6 Å². The second-order valence-electron chi connectivity index (χ2n) is 7.16. The third-order valence-electron chi connectivity index (χ3n) is 4.93. The van der Waals surface area contributed by atoms with Crippen LogP contribution in [0.3, 0.4) is 0 Å². The highest BCUT2D eigenvalue weighted by Crippen LogP contribution is 2.28. The lowest BCUT2D eigenvalue weighted by atomic mass is 9.87. The van der Waals surface area contributed by atoms with E-state index in [-0.39, 0.29) is 18.0 Å². The number of carbonyl (C=O) groups is 1. The van der Waals surface area contributed by atoms with Gasteiger partial charge < -0.3 is 9.47 Å². The Morgan fingerprint density at radius 3 is 2.14 bits per heavy atom. The molecule has 0 atom stereocenters. The van der Waals surface area contributed by atoms with Crippen molar-refractivity contribution in [3.63, 3.8) is 0 Å². The van der Waals surface area contributed by atoms with Gasteiger partial charge in [-0.05, 0) is 69.0 Å². The van der Waals surface area contributed by atoms with E-state index in [1.807, 2.05) is 36.4 Å². The zero-order chi connectivity index (χ0) is 19.8. The van der Waals surface area contributed by atoms with Crippen LogP contribution in [0, 0.1) is 24.7 Å². The van der Waals surface area contributed by atoms with Crippen LogP contribution in [0.2, 0.25) is 0 Å². The standard InChI is InChI=1S/C25H26O3/c1-3-18-27-23-16-12-22(13-17-23)25(26)28-24-14-10-21(11-15-24)9-8-20-6-4-19(2)5-7-20/h3-7,10-11,14-15,22-23H,1,12-13,16-18H2,2H3. The molecule has 0 spiro atoms. The summed E-state index contributed by atoms with van der Waals surface area (Å²) in [5, 5.41) is 0. The molecule has 1 aliphatic rings. The number of benzene rings is 2. The van der Waals surface area contributed by atoms with E-state index >= 15 is 0 Å². The van der Waals surface area contributed by atoms with Gasteiger partial charge in [-0.25, -0.2) is 0 Å². The Hall–Kier alpha value is -2.83. The predicted molar refractivity (Wildman–Crippen MR) is 111 cm³/mol. The maximum Gasteiger partial charge on any atom is 0.314 e. The fourth-order valence-electron chi connectivity index (χ4n) is 3.26. The molecule has 0 unspecified atom stereocenters. The fraction of sp³-hybridized carbons (Fsp3) is 0.320. The quantitative estimate of drug-likeness (QED) is 0.318. The zero-order valence-electron chi connectivity index (χ0n) is 16.3. The number of carbonyl (C=O) groups excluding carboxylic acids is 1. The molecule has 0 saturated heterocycles. The maximum atomic E-state index is 12.4. The first-order valence-corrected chi connectivity index (χ1v) is 9.77. The first-order valence-electron chi connectivity index (χ1n) is 9.77. The molecule has 28 heavy (non-hydrogen) atoms. The molecular formula is C25H26O3. The maximum absolute atomic E-state index is 12.4. The summed E-state index contributed by atoms with van der Waals surface area (Å²) in [5.41, 5.74) is 3.09. The summed E-state index contributed by atoms with van der Waals surface area (Å²) < 4.78 is 11.2.